The molecule has 2 atom stereocenters. The lowest BCUT2D eigenvalue weighted by Crippen LogP contribution is -2.44. The Morgan fingerprint density at radius 3 is 2.94 bits per heavy atom. The van der Waals surface area contributed by atoms with Crippen LogP contribution in [0.2, 0.25) is 0 Å². The molecule has 0 aromatic carbocycles. The van der Waals surface area contributed by atoms with Gasteiger partial charge < -0.3 is 10.5 Å². The van der Waals surface area contributed by atoms with Crippen molar-refractivity contribution < 1.29 is 4.74 Å². The Hall–Kier alpha value is 0.270. The van der Waals surface area contributed by atoms with Gasteiger partial charge in [0.25, 0.3) is 0 Å². The monoisotopic (exact) mass is 243 g/mol. The molecule has 2 heterocycles. The van der Waals surface area contributed by atoms with Crippen LogP contribution in [0.1, 0.15) is 39.5 Å². The van der Waals surface area contributed by atoms with E-state index in [1.807, 2.05) is 0 Å². The first-order valence-electron chi connectivity index (χ1n) is 6.50. The van der Waals surface area contributed by atoms with Gasteiger partial charge in [-0.05, 0) is 49.3 Å². The Bertz CT molecular complexity index is 236. The van der Waals surface area contributed by atoms with Crippen LogP contribution in [0.3, 0.4) is 0 Å². The van der Waals surface area contributed by atoms with Crippen molar-refractivity contribution in [3.63, 3.8) is 0 Å². The summed E-state index contributed by atoms with van der Waals surface area (Å²) in [5.41, 5.74) is 6.34. The first-order chi connectivity index (χ1) is 7.58. The van der Waals surface area contributed by atoms with Gasteiger partial charge in [0.05, 0.1) is 5.60 Å². The molecular weight excluding hydrogens is 218 g/mol. The number of nitrogens with two attached hydrogens (primary N) is 1. The smallest absolute Gasteiger partial charge is 0.0783 e. The van der Waals surface area contributed by atoms with E-state index in [0.717, 1.165) is 25.5 Å². The molecule has 2 aliphatic rings. The summed E-state index contributed by atoms with van der Waals surface area (Å²) >= 11 is 2.06. The van der Waals surface area contributed by atoms with Crippen molar-refractivity contribution >= 4 is 11.8 Å². The third kappa shape index (κ3) is 2.57. The van der Waals surface area contributed by atoms with Crippen LogP contribution in [0.5, 0.6) is 0 Å². The van der Waals surface area contributed by atoms with Crippen molar-refractivity contribution in [3.05, 3.63) is 0 Å². The van der Waals surface area contributed by atoms with Crippen LogP contribution in [0.4, 0.5) is 0 Å². The maximum Gasteiger partial charge on any atom is 0.0783 e. The van der Waals surface area contributed by atoms with Crippen LogP contribution < -0.4 is 5.73 Å². The molecule has 2 N–H and O–H groups in total. The fourth-order valence-corrected chi connectivity index (χ4v) is 4.51. The van der Waals surface area contributed by atoms with Crippen LogP contribution in [0.15, 0.2) is 0 Å². The van der Waals surface area contributed by atoms with Gasteiger partial charge >= 0.3 is 0 Å². The van der Waals surface area contributed by atoms with E-state index in [0.29, 0.717) is 5.41 Å². The standard InChI is InChI=1S/C13H25NOS/c1-12(2,4-6-14)11-3-7-15-13(9-11)5-8-16-10-13/h11H,3-10,14H2,1-2H3. The molecule has 0 aromatic heterocycles. The van der Waals surface area contributed by atoms with Crippen LogP contribution >= 0.6 is 11.8 Å². The molecule has 2 rings (SSSR count). The minimum absolute atomic E-state index is 0.222. The summed E-state index contributed by atoms with van der Waals surface area (Å²) in [5, 5.41) is 0. The third-order valence-corrected chi connectivity index (χ3v) is 5.68. The second-order valence-electron chi connectivity index (χ2n) is 6.05. The Morgan fingerprint density at radius 2 is 2.31 bits per heavy atom. The summed E-state index contributed by atoms with van der Waals surface area (Å²) in [4.78, 5) is 0. The lowest BCUT2D eigenvalue weighted by atomic mass is 9.68. The van der Waals surface area contributed by atoms with Crippen molar-refractivity contribution in [2.75, 3.05) is 24.7 Å². The zero-order valence-corrected chi connectivity index (χ0v) is 11.4. The Morgan fingerprint density at radius 1 is 1.50 bits per heavy atom. The highest BCUT2D eigenvalue weighted by Gasteiger charge is 2.44. The van der Waals surface area contributed by atoms with Gasteiger partial charge in [-0.2, -0.15) is 11.8 Å². The summed E-state index contributed by atoms with van der Waals surface area (Å²) in [7, 11) is 0. The van der Waals surface area contributed by atoms with Gasteiger partial charge in [-0.3, -0.25) is 0 Å². The highest BCUT2D eigenvalue weighted by Crippen LogP contribution is 2.46. The molecule has 0 bridgehead atoms. The third-order valence-electron chi connectivity index (χ3n) is 4.45. The minimum Gasteiger partial charge on any atom is -0.374 e. The molecule has 94 valence electrons. The van der Waals surface area contributed by atoms with E-state index >= 15 is 0 Å². The molecule has 0 radical (unpaired) electrons. The summed E-state index contributed by atoms with van der Waals surface area (Å²) in [5.74, 6) is 3.29. The van der Waals surface area contributed by atoms with Crippen molar-refractivity contribution in [3.8, 4) is 0 Å². The number of hydrogen-bond acceptors (Lipinski definition) is 3. The second kappa shape index (κ2) is 4.87. The molecular formula is C13H25NOS. The first-order valence-corrected chi connectivity index (χ1v) is 7.65. The highest BCUT2D eigenvalue weighted by atomic mass is 32.2. The Labute approximate surface area is 104 Å². The van der Waals surface area contributed by atoms with Gasteiger partial charge in [0, 0.05) is 12.4 Å². The van der Waals surface area contributed by atoms with E-state index in [-0.39, 0.29) is 5.60 Å². The molecule has 3 heteroatoms. The Balaban J connectivity index is 2.00. The van der Waals surface area contributed by atoms with Crippen LogP contribution in [0, 0.1) is 11.3 Å². The topological polar surface area (TPSA) is 35.2 Å². The molecule has 0 aromatic rings. The average molecular weight is 243 g/mol. The van der Waals surface area contributed by atoms with E-state index in [1.54, 1.807) is 0 Å². The van der Waals surface area contributed by atoms with Crippen molar-refractivity contribution in [1.29, 1.82) is 0 Å². The largest absolute Gasteiger partial charge is 0.374 e. The quantitative estimate of drug-likeness (QED) is 0.827. The van der Waals surface area contributed by atoms with Crippen molar-refractivity contribution in [2.24, 2.45) is 17.1 Å². The number of thioether (sulfide) groups is 1. The van der Waals surface area contributed by atoms with Gasteiger partial charge in [-0.25, -0.2) is 0 Å². The van der Waals surface area contributed by atoms with Gasteiger partial charge in [-0.15, -0.1) is 0 Å². The van der Waals surface area contributed by atoms with E-state index < -0.39 is 0 Å². The molecule has 2 saturated heterocycles. The second-order valence-corrected chi connectivity index (χ2v) is 7.16. The molecule has 2 unspecified atom stereocenters. The van der Waals surface area contributed by atoms with Gasteiger partial charge in [0.15, 0.2) is 0 Å². The van der Waals surface area contributed by atoms with E-state index in [1.165, 1.54) is 30.8 Å². The molecule has 0 amide bonds. The molecule has 1 spiro atoms. The summed E-state index contributed by atoms with van der Waals surface area (Å²) < 4.78 is 6.08. The molecule has 2 aliphatic heterocycles. The van der Waals surface area contributed by atoms with E-state index in [2.05, 4.69) is 25.6 Å². The predicted octanol–water partition coefficient (Wildman–Crippen LogP) is 2.66. The summed E-state index contributed by atoms with van der Waals surface area (Å²) in [6, 6.07) is 0. The van der Waals surface area contributed by atoms with E-state index in [4.69, 9.17) is 10.5 Å². The van der Waals surface area contributed by atoms with Crippen LogP contribution in [-0.2, 0) is 4.74 Å². The highest BCUT2D eigenvalue weighted by molar-refractivity contribution is 7.99. The fourth-order valence-electron chi connectivity index (χ4n) is 3.13. The average Bonchev–Trinajstić information content (AvgIpc) is 2.66. The molecule has 2 nitrogen and oxygen atoms in total. The predicted molar refractivity (Wildman–Crippen MR) is 70.8 cm³/mol. The molecule has 0 saturated carbocycles. The summed E-state index contributed by atoms with van der Waals surface area (Å²) in [6.45, 7) is 6.53. The number of rotatable bonds is 3. The maximum absolute atomic E-state index is 6.08. The molecule has 16 heavy (non-hydrogen) atoms. The van der Waals surface area contributed by atoms with E-state index in [9.17, 15) is 0 Å². The van der Waals surface area contributed by atoms with Crippen LogP contribution in [0.25, 0.3) is 0 Å². The van der Waals surface area contributed by atoms with Gasteiger partial charge in [0.2, 0.25) is 0 Å². The van der Waals surface area contributed by atoms with Crippen molar-refractivity contribution in [1.82, 2.24) is 0 Å². The molecule has 0 aliphatic carbocycles. The lowest BCUT2D eigenvalue weighted by Gasteiger charge is -2.44. The van der Waals surface area contributed by atoms with Crippen molar-refractivity contribution in [2.45, 2.75) is 45.1 Å². The normalized spacial score (nSPS) is 35.8. The zero-order chi connectivity index (χ0) is 11.6. The van der Waals surface area contributed by atoms with Crippen LogP contribution in [-0.4, -0.2) is 30.3 Å². The summed E-state index contributed by atoms with van der Waals surface area (Å²) in [6.07, 6.45) is 4.88. The van der Waals surface area contributed by atoms with Gasteiger partial charge in [0.1, 0.15) is 0 Å². The maximum atomic E-state index is 6.08. The Kier molecular flexibility index (Phi) is 3.87. The molecule has 2 fully saturated rings. The first kappa shape index (κ1) is 12.7. The fraction of sp³-hybridized carbons (Fsp3) is 1.00. The number of ether oxygens (including phenoxy) is 1. The zero-order valence-electron chi connectivity index (χ0n) is 10.6. The number of hydrogen-bond donors (Lipinski definition) is 1. The minimum atomic E-state index is 0.222. The van der Waals surface area contributed by atoms with Gasteiger partial charge in [-0.1, -0.05) is 13.8 Å². The SMILES string of the molecule is CC(C)(CCN)C1CCOC2(CCSC2)C1. The lowest BCUT2D eigenvalue weighted by molar-refractivity contribution is -0.101.